The molecule has 1 atom stereocenters. The molecular formula is C13H17ClN4OS. The van der Waals surface area contributed by atoms with Crippen molar-refractivity contribution < 1.29 is 4.79 Å². The van der Waals surface area contributed by atoms with E-state index in [0.29, 0.717) is 24.1 Å². The van der Waals surface area contributed by atoms with Crippen molar-refractivity contribution in [1.82, 2.24) is 20.2 Å². The van der Waals surface area contributed by atoms with Gasteiger partial charge in [-0.1, -0.05) is 18.5 Å². The van der Waals surface area contributed by atoms with Crippen LogP contribution in [0.3, 0.4) is 0 Å². The molecule has 1 N–H and O–H groups in total. The quantitative estimate of drug-likeness (QED) is 0.860. The molecule has 2 aromatic heterocycles. The minimum Gasteiger partial charge on any atom is -0.359 e. The highest BCUT2D eigenvalue weighted by molar-refractivity contribution is 7.16. The number of carbonyl (C=O) groups excluding carboxylic acids is 1. The lowest BCUT2D eigenvalue weighted by molar-refractivity contribution is -0.124. The number of amides is 1. The lowest BCUT2D eigenvalue weighted by Crippen LogP contribution is -2.34. The summed E-state index contributed by atoms with van der Waals surface area (Å²) in [5.74, 6) is 0.631. The smallest absolute Gasteiger partial charge is 0.223 e. The number of nitrogens with one attached hydrogen (secondary N) is 1. The number of hydrogen-bond donors (Lipinski definition) is 1. The minimum absolute atomic E-state index is 0.0320. The maximum absolute atomic E-state index is 11.5. The normalized spacial score (nSPS) is 12.8. The molecule has 2 heterocycles. The predicted molar refractivity (Wildman–Crippen MR) is 82.0 cm³/mol. The molecule has 0 saturated carbocycles. The van der Waals surface area contributed by atoms with E-state index in [4.69, 9.17) is 11.6 Å². The second kappa shape index (κ2) is 6.47. The molecule has 5 nitrogen and oxygen atoms in total. The highest BCUT2D eigenvalue weighted by Crippen LogP contribution is 2.24. The Balaban J connectivity index is 2.06. The maximum atomic E-state index is 11.5. The van der Waals surface area contributed by atoms with Gasteiger partial charge >= 0.3 is 0 Å². The van der Waals surface area contributed by atoms with Gasteiger partial charge in [0.15, 0.2) is 0 Å². The number of rotatable bonds is 5. The Morgan fingerprint density at radius 1 is 1.55 bits per heavy atom. The molecule has 0 bridgehead atoms. The Morgan fingerprint density at radius 2 is 2.30 bits per heavy atom. The molecule has 0 fully saturated rings. The summed E-state index contributed by atoms with van der Waals surface area (Å²) in [6.07, 6.45) is 0. The standard InChI is InChI=1S/C13H17ClN4OS/c1-8(12(19)15-2)6-18(3)7-10-16-11(14)9-4-5-20-13(9)17-10/h4-5,8H,6-7H2,1-3H3,(H,15,19). The van der Waals surface area contributed by atoms with Crippen LogP contribution in [0.25, 0.3) is 10.2 Å². The van der Waals surface area contributed by atoms with Crippen molar-refractivity contribution >= 4 is 39.1 Å². The van der Waals surface area contributed by atoms with Crippen molar-refractivity contribution in [3.63, 3.8) is 0 Å². The van der Waals surface area contributed by atoms with Crippen LogP contribution in [0, 0.1) is 5.92 Å². The second-order valence-electron chi connectivity index (χ2n) is 4.78. The van der Waals surface area contributed by atoms with Crippen LogP contribution in [0.4, 0.5) is 0 Å². The monoisotopic (exact) mass is 312 g/mol. The number of thiophene rings is 1. The van der Waals surface area contributed by atoms with Crippen molar-refractivity contribution in [2.45, 2.75) is 13.5 Å². The van der Waals surface area contributed by atoms with E-state index < -0.39 is 0 Å². The van der Waals surface area contributed by atoms with Crippen molar-refractivity contribution in [2.75, 3.05) is 20.6 Å². The van der Waals surface area contributed by atoms with Gasteiger partial charge in [-0.25, -0.2) is 9.97 Å². The van der Waals surface area contributed by atoms with Gasteiger partial charge in [-0.05, 0) is 18.5 Å². The summed E-state index contributed by atoms with van der Waals surface area (Å²) in [5.41, 5.74) is 0. The van der Waals surface area contributed by atoms with Gasteiger partial charge in [0.05, 0.1) is 6.54 Å². The number of aromatic nitrogens is 2. The molecule has 0 aliphatic rings. The van der Waals surface area contributed by atoms with Crippen LogP contribution in [0.2, 0.25) is 5.15 Å². The maximum Gasteiger partial charge on any atom is 0.223 e. The Kier molecular flexibility index (Phi) is 4.91. The van der Waals surface area contributed by atoms with Gasteiger partial charge in [-0.3, -0.25) is 9.69 Å². The molecule has 2 aromatic rings. The molecule has 0 aliphatic carbocycles. The Hall–Kier alpha value is -1.24. The largest absolute Gasteiger partial charge is 0.359 e. The first-order valence-electron chi connectivity index (χ1n) is 6.31. The van der Waals surface area contributed by atoms with Crippen molar-refractivity contribution in [3.8, 4) is 0 Å². The lowest BCUT2D eigenvalue weighted by atomic mass is 10.1. The van der Waals surface area contributed by atoms with Crippen LogP contribution in [-0.2, 0) is 11.3 Å². The van der Waals surface area contributed by atoms with E-state index in [2.05, 4.69) is 15.3 Å². The highest BCUT2D eigenvalue weighted by Gasteiger charge is 2.15. The number of carbonyl (C=O) groups is 1. The molecule has 1 unspecified atom stereocenters. The third kappa shape index (κ3) is 3.45. The fourth-order valence-corrected chi connectivity index (χ4v) is 3.12. The average Bonchev–Trinajstić information content (AvgIpc) is 2.86. The van der Waals surface area contributed by atoms with Gasteiger partial charge < -0.3 is 5.32 Å². The van der Waals surface area contributed by atoms with E-state index in [0.717, 1.165) is 10.2 Å². The summed E-state index contributed by atoms with van der Waals surface area (Å²) in [5, 5.41) is 5.97. The van der Waals surface area contributed by atoms with Crippen LogP contribution in [-0.4, -0.2) is 41.4 Å². The molecule has 0 aliphatic heterocycles. The number of halogens is 1. The van der Waals surface area contributed by atoms with Gasteiger partial charge in [-0.15, -0.1) is 11.3 Å². The van der Waals surface area contributed by atoms with Crippen LogP contribution >= 0.6 is 22.9 Å². The molecule has 0 aromatic carbocycles. The van der Waals surface area contributed by atoms with Gasteiger partial charge in [-0.2, -0.15) is 0 Å². The SMILES string of the molecule is CNC(=O)C(C)CN(C)Cc1nc(Cl)c2ccsc2n1. The zero-order chi connectivity index (χ0) is 14.7. The minimum atomic E-state index is -0.0778. The van der Waals surface area contributed by atoms with Crippen molar-refractivity contribution in [2.24, 2.45) is 5.92 Å². The van der Waals surface area contributed by atoms with E-state index >= 15 is 0 Å². The molecular weight excluding hydrogens is 296 g/mol. The summed E-state index contributed by atoms with van der Waals surface area (Å²) in [7, 11) is 3.59. The highest BCUT2D eigenvalue weighted by atomic mass is 35.5. The summed E-state index contributed by atoms with van der Waals surface area (Å²) >= 11 is 7.69. The van der Waals surface area contributed by atoms with Crippen molar-refractivity contribution in [3.05, 3.63) is 22.4 Å². The molecule has 2 rings (SSSR count). The van der Waals surface area contributed by atoms with Crippen LogP contribution in [0.5, 0.6) is 0 Å². The molecule has 108 valence electrons. The summed E-state index contributed by atoms with van der Waals surface area (Å²) in [6.45, 7) is 3.10. The fraction of sp³-hybridized carbons (Fsp3) is 0.462. The first kappa shape index (κ1) is 15.2. The van der Waals surface area contributed by atoms with Crippen LogP contribution in [0.1, 0.15) is 12.7 Å². The predicted octanol–water partition coefficient (Wildman–Crippen LogP) is 2.16. The summed E-state index contributed by atoms with van der Waals surface area (Å²) in [4.78, 5) is 23.2. The number of hydrogen-bond acceptors (Lipinski definition) is 5. The molecule has 0 radical (unpaired) electrons. The summed E-state index contributed by atoms with van der Waals surface area (Å²) < 4.78 is 0. The van der Waals surface area contributed by atoms with E-state index in [9.17, 15) is 4.79 Å². The van der Waals surface area contributed by atoms with Gasteiger partial charge in [0.2, 0.25) is 5.91 Å². The van der Waals surface area contributed by atoms with E-state index in [1.165, 1.54) is 0 Å². The van der Waals surface area contributed by atoms with Crippen molar-refractivity contribution in [1.29, 1.82) is 0 Å². The average molecular weight is 313 g/mol. The Bertz CT molecular complexity index is 615. The van der Waals surface area contributed by atoms with E-state index in [1.54, 1.807) is 18.4 Å². The van der Waals surface area contributed by atoms with Crippen LogP contribution < -0.4 is 5.32 Å². The third-order valence-corrected chi connectivity index (χ3v) is 4.11. The second-order valence-corrected chi connectivity index (χ2v) is 6.03. The number of nitrogens with zero attached hydrogens (tertiary/aromatic N) is 3. The Morgan fingerprint density at radius 3 is 3.00 bits per heavy atom. The van der Waals surface area contributed by atoms with Crippen LogP contribution in [0.15, 0.2) is 11.4 Å². The lowest BCUT2D eigenvalue weighted by Gasteiger charge is -2.19. The van der Waals surface area contributed by atoms with E-state index in [-0.39, 0.29) is 11.8 Å². The molecule has 1 amide bonds. The first-order chi connectivity index (χ1) is 9.51. The molecule has 0 spiro atoms. The third-order valence-electron chi connectivity index (χ3n) is 3.02. The molecule has 20 heavy (non-hydrogen) atoms. The zero-order valence-corrected chi connectivity index (χ0v) is 13.3. The topological polar surface area (TPSA) is 58.1 Å². The van der Waals surface area contributed by atoms with Gasteiger partial charge in [0, 0.05) is 24.9 Å². The first-order valence-corrected chi connectivity index (χ1v) is 7.56. The summed E-state index contributed by atoms with van der Waals surface area (Å²) in [6, 6.07) is 1.92. The molecule has 7 heteroatoms. The fourth-order valence-electron chi connectivity index (χ4n) is 2.03. The van der Waals surface area contributed by atoms with Gasteiger partial charge in [0.1, 0.15) is 15.8 Å². The Labute approximate surface area is 127 Å². The molecule has 0 saturated heterocycles. The van der Waals surface area contributed by atoms with E-state index in [1.807, 2.05) is 30.3 Å². The van der Waals surface area contributed by atoms with Gasteiger partial charge in [0.25, 0.3) is 0 Å². The number of fused-ring (bicyclic) bond motifs is 1. The zero-order valence-electron chi connectivity index (χ0n) is 11.7.